The molecule has 0 unspecified atom stereocenters. The molecule has 0 atom stereocenters. The first-order valence-electron chi connectivity index (χ1n) is 9.50. The van der Waals surface area contributed by atoms with Gasteiger partial charge in [0.15, 0.2) is 5.76 Å². The van der Waals surface area contributed by atoms with Crippen molar-refractivity contribution >= 4 is 11.7 Å². The fourth-order valence-corrected chi connectivity index (χ4v) is 3.91. The molecule has 0 spiro atoms. The zero-order valence-corrected chi connectivity index (χ0v) is 15.3. The molecule has 2 aromatic rings. The van der Waals surface area contributed by atoms with Crippen LogP contribution in [-0.2, 0) is 19.4 Å². The Balaban J connectivity index is 1.33. The molecule has 1 aromatic heterocycles. The molecule has 1 aliphatic carbocycles. The summed E-state index contributed by atoms with van der Waals surface area (Å²) >= 11 is 0. The Morgan fingerprint density at radius 2 is 2.00 bits per heavy atom. The Bertz CT molecular complexity index is 778. The van der Waals surface area contributed by atoms with Crippen LogP contribution in [0.3, 0.4) is 0 Å². The summed E-state index contributed by atoms with van der Waals surface area (Å²) in [4.78, 5) is 16.9. The minimum Gasteiger partial charge on any atom is -0.360 e. The van der Waals surface area contributed by atoms with E-state index >= 15 is 0 Å². The molecule has 0 saturated carbocycles. The first kappa shape index (κ1) is 17.1. The van der Waals surface area contributed by atoms with E-state index in [-0.39, 0.29) is 6.03 Å². The van der Waals surface area contributed by atoms with Crippen molar-refractivity contribution in [1.82, 2.24) is 15.0 Å². The molecule has 6 heteroatoms. The van der Waals surface area contributed by atoms with Crippen LogP contribution in [0.4, 0.5) is 10.5 Å². The van der Waals surface area contributed by atoms with Gasteiger partial charge < -0.3 is 14.7 Å². The summed E-state index contributed by atoms with van der Waals surface area (Å²) in [6.45, 7) is 5.84. The second-order valence-corrected chi connectivity index (χ2v) is 7.28. The summed E-state index contributed by atoms with van der Waals surface area (Å²) in [6.07, 6.45) is 4.64. The van der Waals surface area contributed by atoms with Gasteiger partial charge in [0.05, 0.1) is 12.2 Å². The van der Waals surface area contributed by atoms with Gasteiger partial charge in [-0.1, -0.05) is 17.3 Å². The second-order valence-electron chi connectivity index (χ2n) is 7.28. The van der Waals surface area contributed by atoms with E-state index in [9.17, 15) is 4.79 Å². The fraction of sp³-hybridized carbons (Fsp3) is 0.500. The lowest BCUT2D eigenvalue weighted by atomic mass is 9.90. The molecule has 6 nitrogen and oxygen atoms in total. The van der Waals surface area contributed by atoms with E-state index in [0.717, 1.165) is 62.7 Å². The number of carbonyl (C=O) groups is 1. The maximum atomic E-state index is 12.7. The van der Waals surface area contributed by atoms with Gasteiger partial charge in [-0.15, -0.1) is 0 Å². The topological polar surface area (TPSA) is 61.6 Å². The van der Waals surface area contributed by atoms with Gasteiger partial charge in [-0.05, 0) is 49.8 Å². The molecule has 2 aliphatic rings. The number of anilines is 1. The molecule has 4 rings (SSSR count). The molecule has 1 N–H and O–H groups in total. The fourth-order valence-electron chi connectivity index (χ4n) is 3.91. The van der Waals surface area contributed by atoms with Crippen molar-refractivity contribution in [2.75, 3.05) is 31.5 Å². The predicted octanol–water partition coefficient (Wildman–Crippen LogP) is 3.21. The average molecular weight is 354 g/mol. The molecule has 2 heterocycles. The van der Waals surface area contributed by atoms with Crippen LogP contribution in [0.25, 0.3) is 0 Å². The molecule has 0 bridgehead atoms. The zero-order valence-electron chi connectivity index (χ0n) is 15.3. The Morgan fingerprint density at radius 3 is 2.77 bits per heavy atom. The highest BCUT2D eigenvalue weighted by Gasteiger charge is 2.23. The van der Waals surface area contributed by atoms with Crippen LogP contribution in [0.15, 0.2) is 28.8 Å². The minimum absolute atomic E-state index is 0.0131. The van der Waals surface area contributed by atoms with Gasteiger partial charge in [-0.25, -0.2) is 4.79 Å². The summed E-state index contributed by atoms with van der Waals surface area (Å²) in [5.74, 6) is 0.885. The van der Waals surface area contributed by atoms with Gasteiger partial charge in [-0.2, -0.15) is 0 Å². The Morgan fingerprint density at radius 1 is 1.19 bits per heavy atom. The smallest absolute Gasteiger partial charge is 0.321 e. The summed E-state index contributed by atoms with van der Waals surface area (Å²) < 4.78 is 5.29. The number of aromatic nitrogens is 1. The lowest BCUT2D eigenvalue weighted by molar-refractivity contribution is 0.134. The number of nitrogens with one attached hydrogen (secondary N) is 1. The summed E-state index contributed by atoms with van der Waals surface area (Å²) in [6, 6.07) is 8.26. The van der Waals surface area contributed by atoms with Gasteiger partial charge in [-0.3, -0.25) is 4.90 Å². The number of benzene rings is 1. The normalized spacial score (nSPS) is 17.8. The van der Waals surface area contributed by atoms with E-state index in [1.54, 1.807) is 0 Å². The molecular formula is C20H26N4O2. The third-order valence-electron chi connectivity index (χ3n) is 5.35. The molecule has 1 saturated heterocycles. The van der Waals surface area contributed by atoms with Crippen molar-refractivity contribution in [2.24, 2.45) is 0 Å². The van der Waals surface area contributed by atoms with Crippen LogP contribution >= 0.6 is 0 Å². The first-order valence-corrected chi connectivity index (χ1v) is 9.50. The average Bonchev–Trinajstić information content (AvgIpc) is 3.07. The molecule has 1 aliphatic heterocycles. The number of carbonyl (C=O) groups excluding carboxylic acids is 1. The molecule has 1 fully saturated rings. The van der Waals surface area contributed by atoms with Crippen LogP contribution in [-0.4, -0.2) is 47.2 Å². The summed E-state index contributed by atoms with van der Waals surface area (Å²) in [5.41, 5.74) is 4.61. The summed E-state index contributed by atoms with van der Waals surface area (Å²) in [7, 11) is 0. The van der Waals surface area contributed by atoms with Crippen molar-refractivity contribution in [2.45, 2.75) is 39.2 Å². The third-order valence-corrected chi connectivity index (χ3v) is 5.35. The molecule has 2 amide bonds. The molecule has 0 radical (unpaired) electrons. The molecule has 138 valence electrons. The van der Waals surface area contributed by atoms with E-state index in [4.69, 9.17) is 4.52 Å². The highest BCUT2D eigenvalue weighted by atomic mass is 16.5. The Hall–Kier alpha value is -2.34. The third kappa shape index (κ3) is 3.75. The molecule has 1 aromatic carbocycles. The number of hydrogen-bond donors (Lipinski definition) is 1. The lowest BCUT2D eigenvalue weighted by Gasteiger charge is -2.34. The van der Waals surface area contributed by atoms with Crippen LogP contribution < -0.4 is 5.32 Å². The molecular weight excluding hydrogens is 328 g/mol. The van der Waals surface area contributed by atoms with E-state index < -0.39 is 0 Å². The zero-order chi connectivity index (χ0) is 17.9. The van der Waals surface area contributed by atoms with Crippen molar-refractivity contribution in [3.63, 3.8) is 0 Å². The largest absolute Gasteiger partial charge is 0.360 e. The maximum Gasteiger partial charge on any atom is 0.321 e. The van der Waals surface area contributed by atoms with Crippen LogP contribution in [0.2, 0.25) is 0 Å². The Labute approximate surface area is 154 Å². The Kier molecular flexibility index (Phi) is 4.93. The van der Waals surface area contributed by atoms with Gasteiger partial charge in [0.1, 0.15) is 0 Å². The number of rotatable bonds is 3. The van der Waals surface area contributed by atoms with E-state index in [1.807, 2.05) is 24.0 Å². The molecule has 26 heavy (non-hydrogen) atoms. The predicted molar refractivity (Wildman–Crippen MR) is 100 cm³/mol. The highest BCUT2D eigenvalue weighted by Crippen LogP contribution is 2.28. The van der Waals surface area contributed by atoms with E-state index in [1.165, 1.54) is 24.0 Å². The van der Waals surface area contributed by atoms with Crippen LogP contribution in [0, 0.1) is 6.92 Å². The van der Waals surface area contributed by atoms with E-state index in [2.05, 4.69) is 27.5 Å². The monoisotopic (exact) mass is 354 g/mol. The van der Waals surface area contributed by atoms with Crippen molar-refractivity contribution < 1.29 is 9.32 Å². The number of hydrogen-bond acceptors (Lipinski definition) is 4. The standard InChI is InChI=1S/C20H26N4O2/c1-15-13-17(26-22-15)14-23-9-11-24(12-10-23)20(25)21-19-8-4-6-16-5-2-3-7-18(16)19/h4,6,8,13H,2-3,5,7,9-12,14H2,1H3,(H,21,25). The van der Waals surface area contributed by atoms with Crippen molar-refractivity contribution in [3.8, 4) is 0 Å². The minimum atomic E-state index is 0.0131. The van der Waals surface area contributed by atoms with Crippen LogP contribution in [0.5, 0.6) is 0 Å². The van der Waals surface area contributed by atoms with E-state index in [0.29, 0.717) is 0 Å². The first-order chi connectivity index (χ1) is 12.7. The quantitative estimate of drug-likeness (QED) is 0.919. The number of nitrogens with zero attached hydrogens (tertiary/aromatic N) is 3. The van der Waals surface area contributed by atoms with Crippen molar-refractivity contribution in [1.29, 1.82) is 0 Å². The highest BCUT2D eigenvalue weighted by molar-refractivity contribution is 5.90. The number of piperazine rings is 1. The van der Waals surface area contributed by atoms with Crippen molar-refractivity contribution in [3.05, 3.63) is 46.8 Å². The second kappa shape index (κ2) is 7.50. The van der Waals surface area contributed by atoms with Gasteiger partial charge in [0.25, 0.3) is 0 Å². The number of amides is 2. The van der Waals surface area contributed by atoms with Gasteiger partial charge >= 0.3 is 6.03 Å². The van der Waals surface area contributed by atoms with Crippen LogP contribution in [0.1, 0.15) is 35.4 Å². The number of urea groups is 1. The van der Waals surface area contributed by atoms with Gasteiger partial charge in [0, 0.05) is 37.9 Å². The number of aryl methyl sites for hydroxylation is 2. The lowest BCUT2D eigenvalue weighted by Crippen LogP contribution is -2.49. The number of fused-ring (bicyclic) bond motifs is 1. The summed E-state index contributed by atoms with van der Waals surface area (Å²) in [5, 5.41) is 7.08. The van der Waals surface area contributed by atoms with Gasteiger partial charge in [0.2, 0.25) is 0 Å². The SMILES string of the molecule is Cc1cc(CN2CCN(C(=O)Nc3cccc4c3CCCC4)CC2)on1. The maximum absolute atomic E-state index is 12.7.